The Balaban J connectivity index is 2.01. The van der Waals surface area contributed by atoms with Crippen LogP contribution in [0.4, 0.5) is 5.69 Å². The van der Waals surface area contributed by atoms with Gasteiger partial charge in [-0.2, -0.15) is 0 Å². The van der Waals surface area contributed by atoms with Gasteiger partial charge >= 0.3 is 0 Å². The maximum absolute atomic E-state index is 12.3. The summed E-state index contributed by atoms with van der Waals surface area (Å²) in [5.41, 5.74) is 1.21. The van der Waals surface area contributed by atoms with Gasteiger partial charge in [-0.1, -0.05) is 12.1 Å². The molecule has 1 N–H and O–H groups in total. The number of ether oxygens (including phenoxy) is 2. The van der Waals surface area contributed by atoms with Crippen molar-refractivity contribution < 1.29 is 19.1 Å². The zero-order valence-electron chi connectivity index (χ0n) is 14.0. The van der Waals surface area contributed by atoms with Crippen LogP contribution in [-0.4, -0.2) is 24.4 Å². The molecule has 2 rings (SSSR count). The first-order valence-electron chi connectivity index (χ1n) is 7.81. The summed E-state index contributed by atoms with van der Waals surface area (Å²) < 4.78 is 11.2. The highest BCUT2D eigenvalue weighted by Gasteiger charge is 2.17. The number of amides is 1. The van der Waals surface area contributed by atoms with Crippen LogP contribution in [0.1, 0.15) is 31.1 Å². The molecule has 2 aromatic carbocycles. The minimum absolute atomic E-state index is 0.0166. The van der Waals surface area contributed by atoms with Crippen molar-refractivity contribution in [2.45, 2.75) is 26.9 Å². The number of hydrogen-bond acceptors (Lipinski definition) is 4. The molecule has 0 saturated carbocycles. The Morgan fingerprint density at radius 3 is 2.25 bits per heavy atom. The largest absolute Gasteiger partial charge is 0.490 e. The molecule has 0 saturated heterocycles. The Morgan fingerprint density at radius 1 is 1.04 bits per heavy atom. The van der Waals surface area contributed by atoms with Crippen molar-refractivity contribution >= 4 is 17.4 Å². The average Bonchev–Trinajstić information content (AvgIpc) is 2.57. The predicted octanol–water partition coefficient (Wildman–Crippen LogP) is 3.69. The van der Waals surface area contributed by atoms with E-state index in [1.807, 2.05) is 19.1 Å². The monoisotopic (exact) mass is 327 g/mol. The summed E-state index contributed by atoms with van der Waals surface area (Å²) in [6.07, 6.45) is -0.695. The molecule has 5 heteroatoms. The first-order chi connectivity index (χ1) is 11.5. The second-order valence-corrected chi connectivity index (χ2v) is 5.26. The smallest absolute Gasteiger partial charge is 0.265 e. The fourth-order valence-corrected chi connectivity index (χ4v) is 2.10. The average molecular weight is 327 g/mol. The van der Waals surface area contributed by atoms with E-state index >= 15 is 0 Å². The van der Waals surface area contributed by atoms with Gasteiger partial charge in [-0.05, 0) is 57.2 Å². The van der Waals surface area contributed by atoms with Crippen LogP contribution in [0.3, 0.4) is 0 Å². The fourth-order valence-electron chi connectivity index (χ4n) is 2.10. The quantitative estimate of drug-likeness (QED) is 0.788. The SMILES string of the molecule is CCOc1ccccc1O[C@@H](C)C(=O)Nc1ccc(C(C)=O)cc1. The Morgan fingerprint density at radius 2 is 1.67 bits per heavy atom. The van der Waals surface area contributed by atoms with E-state index in [0.717, 1.165) is 0 Å². The number of hydrogen-bond donors (Lipinski definition) is 1. The van der Waals surface area contributed by atoms with Gasteiger partial charge in [0.15, 0.2) is 23.4 Å². The van der Waals surface area contributed by atoms with Crippen LogP contribution >= 0.6 is 0 Å². The summed E-state index contributed by atoms with van der Waals surface area (Å²) in [5, 5.41) is 2.76. The highest BCUT2D eigenvalue weighted by molar-refractivity contribution is 5.96. The number of anilines is 1. The molecule has 126 valence electrons. The van der Waals surface area contributed by atoms with Gasteiger partial charge in [-0.15, -0.1) is 0 Å². The van der Waals surface area contributed by atoms with Gasteiger partial charge < -0.3 is 14.8 Å². The van der Waals surface area contributed by atoms with Crippen LogP contribution in [0.2, 0.25) is 0 Å². The van der Waals surface area contributed by atoms with Crippen molar-refractivity contribution in [1.82, 2.24) is 0 Å². The molecule has 0 bridgehead atoms. The minimum atomic E-state index is -0.695. The van der Waals surface area contributed by atoms with Gasteiger partial charge in [0.05, 0.1) is 6.61 Å². The first-order valence-corrected chi connectivity index (χ1v) is 7.81. The molecule has 0 radical (unpaired) electrons. The molecule has 5 nitrogen and oxygen atoms in total. The molecule has 0 heterocycles. The summed E-state index contributed by atoms with van der Waals surface area (Å²) in [6.45, 7) is 5.57. The van der Waals surface area contributed by atoms with E-state index in [0.29, 0.717) is 29.4 Å². The molecule has 0 unspecified atom stereocenters. The Kier molecular flexibility index (Phi) is 5.95. The third kappa shape index (κ3) is 4.59. The van der Waals surface area contributed by atoms with E-state index in [4.69, 9.17) is 9.47 Å². The van der Waals surface area contributed by atoms with Gasteiger partial charge in [0.2, 0.25) is 0 Å². The predicted molar refractivity (Wildman–Crippen MR) is 92.8 cm³/mol. The van der Waals surface area contributed by atoms with Crippen LogP contribution in [-0.2, 0) is 4.79 Å². The number of Topliss-reactive ketones (excluding diaryl/α,β-unsaturated/α-hetero) is 1. The van der Waals surface area contributed by atoms with Gasteiger partial charge in [0.25, 0.3) is 5.91 Å². The van der Waals surface area contributed by atoms with Gasteiger partial charge in [0.1, 0.15) is 0 Å². The highest BCUT2D eigenvalue weighted by Crippen LogP contribution is 2.27. The zero-order valence-corrected chi connectivity index (χ0v) is 14.0. The Hall–Kier alpha value is -2.82. The molecule has 0 aliphatic heterocycles. The highest BCUT2D eigenvalue weighted by atomic mass is 16.5. The van der Waals surface area contributed by atoms with E-state index in [1.54, 1.807) is 43.3 Å². The number of ketones is 1. The van der Waals surface area contributed by atoms with E-state index in [-0.39, 0.29) is 11.7 Å². The summed E-state index contributed by atoms with van der Waals surface area (Å²) in [4.78, 5) is 23.5. The molecule has 1 amide bonds. The lowest BCUT2D eigenvalue weighted by molar-refractivity contribution is -0.122. The maximum atomic E-state index is 12.3. The van der Waals surface area contributed by atoms with Gasteiger partial charge in [0, 0.05) is 11.3 Å². The zero-order chi connectivity index (χ0) is 17.5. The Labute approximate surface area is 141 Å². The minimum Gasteiger partial charge on any atom is -0.490 e. The summed E-state index contributed by atoms with van der Waals surface area (Å²) in [7, 11) is 0. The van der Waals surface area contributed by atoms with Crippen LogP contribution in [0.5, 0.6) is 11.5 Å². The maximum Gasteiger partial charge on any atom is 0.265 e. The third-order valence-electron chi connectivity index (χ3n) is 3.38. The fraction of sp³-hybridized carbons (Fsp3) is 0.263. The number of carbonyl (C=O) groups excluding carboxylic acids is 2. The normalized spacial score (nSPS) is 11.5. The lowest BCUT2D eigenvalue weighted by Gasteiger charge is -2.17. The second-order valence-electron chi connectivity index (χ2n) is 5.26. The van der Waals surface area contributed by atoms with E-state index in [1.165, 1.54) is 6.92 Å². The van der Waals surface area contributed by atoms with E-state index < -0.39 is 6.10 Å². The Bertz CT molecular complexity index is 710. The molecular formula is C19H21NO4. The third-order valence-corrected chi connectivity index (χ3v) is 3.38. The molecule has 0 spiro atoms. The van der Waals surface area contributed by atoms with E-state index in [2.05, 4.69) is 5.32 Å². The topological polar surface area (TPSA) is 64.6 Å². The summed E-state index contributed by atoms with van der Waals surface area (Å²) >= 11 is 0. The van der Waals surface area contributed by atoms with Crippen molar-refractivity contribution in [3.05, 3.63) is 54.1 Å². The number of benzene rings is 2. The van der Waals surface area contributed by atoms with Gasteiger partial charge in [-0.25, -0.2) is 0 Å². The molecule has 0 aliphatic carbocycles. The van der Waals surface area contributed by atoms with Crippen molar-refractivity contribution in [2.75, 3.05) is 11.9 Å². The van der Waals surface area contributed by atoms with E-state index in [9.17, 15) is 9.59 Å². The summed E-state index contributed by atoms with van der Waals surface area (Å²) in [6, 6.07) is 14.0. The van der Waals surface area contributed by atoms with Crippen LogP contribution in [0.25, 0.3) is 0 Å². The summed E-state index contributed by atoms with van der Waals surface area (Å²) in [5.74, 6) is 0.827. The van der Waals surface area contributed by atoms with Crippen molar-refractivity contribution in [3.8, 4) is 11.5 Å². The van der Waals surface area contributed by atoms with Crippen molar-refractivity contribution in [3.63, 3.8) is 0 Å². The van der Waals surface area contributed by atoms with Crippen molar-refractivity contribution in [1.29, 1.82) is 0 Å². The number of carbonyl (C=O) groups is 2. The molecule has 1 atom stereocenters. The number of nitrogens with one attached hydrogen (secondary N) is 1. The molecule has 0 fully saturated rings. The van der Waals surface area contributed by atoms with Crippen molar-refractivity contribution in [2.24, 2.45) is 0 Å². The van der Waals surface area contributed by atoms with Crippen LogP contribution in [0.15, 0.2) is 48.5 Å². The van der Waals surface area contributed by atoms with Crippen LogP contribution in [0, 0.1) is 0 Å². The molecule has 0 aliphatic rings. The first kappa shape index (κ1) is 17.5. The molecule has 2 aromatic rings. The van der Waals surface area contributed by atoms with Crippen LogP contribution < -0.4 is 14.8 Å². The molecule has 24 heavy (non-hydrogen) atoms. The molecular weight excluding hydrogens is 306 g/mol. The standard InChI is InChI=1S/C19H21NO4/c1-4-23-17-7-5-6-8-18(17)24-14(3)19(22)20-16-11-9-15(10-12-16)13(2)21/h5-12,14H,4H2,1-3H3,(H,20,22)/t14-/m0/s1. The number of rotatable bonds is 7. The molecule has 0 aromatic heterocycles. The lowest BCUT2D eigenvalue weighted by Crippen LogP contribution is -2.30. The number of para-hydroxylation sites is 2. The second kappa shape index (κ2) is 8.15. The van der Waals surface area contributed by atoms with Gasteiger partial charge in [-0.3, -0.25) is 9.59 Å². The lowest BCUT2D eigenvalue weighted by atomic mass is 10.1.